The van der Waals surface area contributed by atoms with Gasteiger partial charge in [-0.15, -0.1) is 0 Å². The van der Waals surface area contributed by atoms with E-state index in [1.165, 1.54) is 37.9 Å². The molecule has 0 atom stereocenters. The highest BCUT2D eigenvalue weighted by Gasteiger charge is 2.10. The van der Waals surface area contributed by atoms with Gasteiger partial charge in [0.05, 0.1) is 0 Å². The zero-order valence-electron chi connectivity index (χ0n) is 16.0. The van der Waals surface area contributed by atoms with E-state index < -0.39 is 5.91 Å². The SMILES string of the molecule is NC(=O)c1ccc(OCC(=O)NCc2ccc(CN3CCCCC3)cc2)cc1. The number of hydrogen-bond acceptors (Lipinski definition) is 4. The summed E-state index contributed by atoms with van der Waals surface area (Å²) in [6.07, 6.45) is 3.93. The molecule has 28 heavy (non-hydrogen) atoms. The predicted octanol–water partition coefficient (Wildman–Crippen LogP) is 2.47. The molecule has 2 aromatic rings. The fourth-order valence-corrected chi connectivity index (χ4v) is 3.25. The molecule has 148 valence electrons. The van der Waals surface area contributed by atoms with E-state index in [9.17, 15) is 9.59 Å². The minimum Gasteiger partial charge on any atom is -0.484 e. The normalized spacial score (nSPS) is 14.4. The van der Waals surface area contributed by atoms with Gasteiger partial charge in [-0.1, -0.05) is 30.7 Å². The van der Waals surface area contributed by atoms with Gasteiger partial charge in [-0.2, -0.15) is 0 Å². The van der Waals surface area contributed by atoms with Gasteiger partial charge in [-0.25, -0.2) is 0 Å². The van der Waals surface area contributed by atoms with Crippen molar-refractivity contribution in [3.05, 3.63) is 65.2 Å². The van der Waals surface area contributed by atoms with Gasteiger partial charge in [0.2, 0.25) is 5.91 Å². The van der Waals surface area contributed by atoms with Crippen molar-refractivity contribution in [1.29, 1.82) is 0 Å². The molecule has 1 heterocycles. The summed E-state index contributed by atoms with van der Waals surface area (Å²) in [6.45, 7) is 3.75. The van der Waals surface area contributed by atoms with E-state index in [1.807, 2.05) is 0 Å². The zero-order chi connectivity index (χ0) is 19.8. The Bertz CT molecular complexity index is 782. The molecule has 2 amide bonds. The highest BCUT2D eigenvalue weighted by atomic mass is 16.5. The Morgan fingerprint density at radius 1 is 0.929 bits per heavy atom. The number of carbonyl (C=O) groups excluding carboxylic acids is 2. The van der Waals surface area contributed by atoms with Crippen LogP contribution in [0, 0.1) is 0 Å². The van der Waals surface area contributed by atoms with E-state index in [-0.39, 0.29) is 12.5 Å². The van der Waals surface area contributed by atoms with Gasteiger partial charge in [0, 0.05) is 18.7 Å². The lowest BCUT2D eigenvalue weighted by Crippen LogP contribution is -2.29. The van der Waals surface area contributed by atoms with Crippen LogP contribution in [0.4, 0.5) is 0 Å². The van der Waals surface area contributed by atoms with Crippen molar-refractivity contribution in [1.82, 2.24) is 10.2 Å². The lowest BCUT2D eigenvalue weighted by atomic mass is 10.1. The number of nitrogens with one attached hydrogen (secondary N) is 1. The quantitative estimate of drug-likeness (QED) is 0.736. The standard InChI is InChI=1S/C22H27N3O3/c23-22(27)19-8-10-20(11-9-19)28-16-21(26)24-14-17-4-6-18(7-5-17)15-25-12-2-1-3-13-25/h4-11H,1-3,12-16H2,(H2,23,27)(H,24,26). The molecular weight excluding hydrogens is 354 g/mol. The second kappa shape index (κ2) is 9.90. The smallest absolute Gasteiger partial charge is 0.258 e. The average Bonchev–Trinajstić information content (AvgIpc) is 2.73. The van der Waals surface area contributed by atoms with Crippen LogP contribution in [0.1, 0.15) is 40.7 Å². The monoisotopic (exact) mass is 381 g/mol. The molecule has 0 saturated carbocycles. The third-order valence-electron chi connectivity index (χ3n) is 4.88. The van der Waals surface area contributed by atoms with E-state index >= 15 is 0 Å². The number of nitrogens with zero attached hydrogens (tertiary/aromatic N) is 1. The van der Waals surface area contributed by atoms with Gasteiger partial charge in [-0.3, -0.25) is 14.5 Å². The Kier molecular flexibility index (Phi) is 7.03. The number of piperidine rings is 1. The molecule has 0 radical (unpaired) electrons. The fraction of sp³-hybridized carbons (Fsp3) is 0.364. The molecule has 0 spiro atoms. The summed E-state index contributed by atoms with van der Waals surface area (Å²) in [4.78, 5) is 25.5. The van der Waals surface area contributed by atoms with Crippen molar-refractivity contribution >= 4 is 11.8 Å². The molecule has 2 aromatic carbocycles. The summed E-state index contributed by atoms with van der Waals surface area (Å²) >= 11 is 0. The number of amides is 2. The van der Waals surface area contributed by atoms with E-state index in [0.29, 0.717) is 17.9 Å². The molecular formula is C22H27N3O3. The van der Waals surface area contributed by atoms with E-state index in [1.54, 1.807) is 24.3 Å². The summed E-state index contributed by atoms with van der Waals surface area (Å²) in [5, 5.41) is 2.85. The molecule has 0 aromatic heterocycles. The number of ether oxygens (including phenoxy) is 1. The van der Waals surface area contributed by atoms with Gasteiger partial charge < -0.3 is 15.8 Å². The first kappa shape index (κ1) is 19.9. The Labute approximate surface area is 165 Å². The highest BCUT2D eigenvalue weighted by molar-refractivity contribution is 5.92. The van der Waals surface area contributed by atoms with Crippen molar-refractivity contribution < 1.29 is 14.3 Å². The number of primary amides is 1. The Balaban J connectivity index is 1.39. The van der Waals surface area contributed by atoms with Crippen LogP contribution in [-0.2, 0) is 17.9 Å². The molecule has 1 aliphatic heterocycles. The summed E-state index contributed by atoms with van der Waals surface area (Å²) in [7, 11) is 0. The molecule has 0 bridgehead atoms. The first-order valence-corrected chi connectivity index (χ1v) is 9.70. The van der Waals surface area contributed by atoms with Crippen LogP contribution in [-0.4, -0.2) is 36.4 Å². The van der Waals surface area contributed by atoms with Crippen molar-refractivity contribution in [2.24, 2.45) is 5.73 Å². The second-order valence-corrected chi connectivity index (χ2v) is 7.11. The minimum atomic E-state index is -0.494. The molecule has 1 fully saturated rings. The van der Waals surface area contributed by atoms with Crippen LogP contribution >= 0.6 is 0 Å². The number of hydrogen-bond donors (Lipinski definition) is 2. The summed E-state index contributed by atoms with van der Waals surface area (Å²) in [6, 6.07) is 14.8. The van der Waals surface area contributed by atoms with Crippen LogP contribution in [0.5, 0.6) is 5.75 Å². The number of likely N-dealkylation sites (tertiary alicyclic amines) is 1. The van der Waals surface area contributed by atoms with Crippen molar-refractivity contribution in [2.75, 3.05) is 19.7 Å². The fourth-order valence-electron chi connectivity index (χ4n) is 3.25. The Hall–Kier alpha value is -2.86. The summed E-state index contributed by atoms with van der Waals surface area (Å²) in [5.74, 6) is -0.176. The largest absolute Gasteiger partial charge is 0.484 e. The van der Waals surface area contributed by atoms with Crippen LogP contribution in [0.3, 0.4) is 0 Å². The van der Waals surface area contributed by atoms with Crippen molar-refractivity contribution in [2.45, 2.75) is 32.4 Å². The van der Waals surface area contributed by atoms with E-state index in [0.717, 1.165) is 12.1 Å². The lowest BCUT2D eigenvalue weighted by molar-refractivity contribution is -0.123. The van der Waals surface area contributed by atoms with Gasteiger partial charge in [0.1, 0.15) is 5.75 Å². The van der Waals surface area contributed by atoms with Crippen molar-refractivity contribution in [3.63, 3.8) is 0 Å². The number of benzene rings is 2. The molecule has 6 nitrogen and oxygen atoms in total. The maximum Gasteiger partial charge on any atom is 0.258 e. The van der Waals surface area contributed by atoms with Crippen molar-refractivity contribution in [3.8, 4) is 5.75 Å². The Morgan fingerprint density at radius 3 is 2.21 bits per heavy atom. The van der Waals surface area contributed by atoms with Gasteiger partial charge >= 0.3 is 0 Å². The Morgan fingerprint density at radius 2 is 1.57 bits per heavy atom. The molecule has 0 aliphatic carbocycles. The summed E-state index contributed by atoms with van der Waals surface area (Å²) < 4.78 is 5.42. The third-order valence-corrected chi connectivity index (χ3v) is 4.88. The lowest BCUT2D eigenvalue weighted by Gasteiger charge is -2.26. The third kappa shape index (κ3) is 6.09. The molecule has 0 unspecified atom stereocenters. The molecule has 6 heteroatoms. The van der Waals surface area contributed by atoms with Gasteiger partial charge in [0.15, 0.2) is 6.61 Å². The maximum absolute atomic E-state index is 12.0. The minimum absolute atomic E-state index is 0.0804. The molecule has 1 saturated heterocycles. The van der Waals surface area contributed by atoms with Crippen LogP contribution in [0.2, 0.25) is 0 Å². The molecule has 1 aliphatic rings. The van der Waals surface area contributed by atoms with Gasteiger partial charge in [-0.05, 0) is 61.3 Å². The van der Waals surface area contributed by atoms with Crippen LogP contribution in [0.15, 0.2) is 48.5 Å². The zero-order valence-corrected chi connectivity index (χ0v) is 16.0. The number of nitrogens with two attached hydrogens (primary N) is 1. The topological polar surface area (TPSA) is 84.7 Å². The summed E-state index contributed by atoms with van der Waals surface area (Å²) in [5.41, 5.74) is 7.96. The number of carbonyl (C=O) groups is 2. The maximum atomic E-state index is 12.0. The molecule has 3 N–H and O–H groups in total. The number of rotatable bonds is 8. The first-order valence-electron chi connectivity index (χ1n) is 9.70. The predicted molar refractivity (Wildman–Crippen MR) is 108 cm³/mol. The average molecular weight is 381 g/mol. The van der Waals surface area contributed by atoms with E-state index in [4.69, 9.17) is 10.5 Å². The van der Waals surface area contributed by atoms with Crippen LogP contribution in [0.25, 0.3) is 0 Å². The highest BCUT2D eigenvalue weighted by Crippen LogP contribution is 2.14. The molecule has 3 rings (SSSR count). The first-order chi connectivity index (χ1) is 13.6. The van der Waals surface area contributed by atoms with Gasteiger partial charge in [0.25, 0.3) is 5.91 Å². The van der Waals surface area contributed by atoms with Crippen LogP contribution < -0.4 is 15.8 Å². The van der Waals surface area contributed by atoms with E-state index in [2.05, 4.69) is 34.5 Å². The second-order valence-electron chi connectivity index (χ2n) is 7.11.